The monoisotopic (exact) mass is 450 g/mol. The van der Waals surface area contributed by atoms with Gasteiger partial charge in [-0.3, -0.25) is 0 Å². The average molecular weight is 451 g/mol. The Morgan fingerprint density at radius 3 is 1.94 bits per heavy atom. The summed E-state index contributed by atoms with van der Waals surface area (Å²) >= 11 is 0. The molecule has 1 fully saturated rings. The van der Waals surface area contributed by atoms with Gasteiger partial charge in [-0.1, -0.05) is 23.3 Å². The molecular weight excluding hydrogens is 416 g/mol. The molecule has 32 heavy (non-hydrogen) atoms. The van der Waals surface area contributed by atoms with Gasteiger partial charge in [0, 0.05) is 0 Å². The van der Waals surface area contributed by atoms with Crippen LogP contribution >= 0.6 is 0 Å². The van der Waals surface area contributed by atoms with Crippen molar-refractivity contribution in [3.8, 4) is 5.75 Å². The summed E-state index contributed by atoms with van der Waals surface area (Å²) in [6.45, 7) is 7.25. The van der Waals surface area contributed by atoms with Crippen LogP contribution in [0.15, 0.2) is 35.4 Å². The molecule has 1 saturated heterocycles. The molecule has 4 N–H and O–H groups in total. The van der Waals surface area contributed by atoms with Crippen molar-refractivity contribution in [1.29, 1.82) is 0 Å². The van der Waals surface area contributed by atoms with Crippen LogP contribution in [0.3, 0.4) is 0 Å². The summed E-state index contributed by atoms with van der Waals surface area (Å²) in [6.07, 6.45) is -2.15. The Morgan fingerprint density at radius 1 is 0.969 bits per heavy atom. The van der Waals surface area contributed by atoms with E-state index in [9.17, 15) is 25.2 Å². The molecule has 1 aliphatic heterocycles. The predicted molar refractivity (Wildman–Crippen MR) is 118 cm³/mol. The zero-order chi connectivity index (χ0) is 24.0. The highest BCUT2D eigenvalue weighted by Crippen LogP contribution is 2.32. The molecule has 1 heterocycles. The average Bonchev–Trinajstić information content (AvgIpc) is 2.76. The molecule has 8 nitrogen and oxygen atoms in total. The second-order valence-corrected chi connectivity index (χ2v) is 8.40. The lowest BCUT2D eigenvalue weighted by Gasteiger charge is -2.40. The van der Waals surface area contributed by atoms with Gasteiger partial charge in [0.05, 0.1) is 19.3 Å². The number of aliphatic hydroxyl groups is 4. The highest BCUT2D eigenvalue weighted by atomic mass is 16.7. The van der Waals surface area contributed by atoms with Crippen LogP contribution in [0.5, 0.6) is 5.75 Å². The van der Waals surface area contributed by atoms with Crippen LogP contribution in [-0.4, -0.2) is 70.8 Å². The van der Waals surface area contributed by atoms with Gasteiger partial charge in [0.2, 0.25) is 6.29 Å². The molecule has 0 amide bonds. The maximum absolute atomic E-state index is 12.3. The minimum absolute atomic E-state index is 0.364. The highest BCUT2D eigenvalue weighted by Gasteiger charge is 2.45. The van der Waals surface area contributed by atoms with Gasteiger partial charge in [0.25, 0.3) is 0 Å². The summed E-state index contributed by atoms with van der Waals surface area (Å²) < 4.78 is 16.5. The first-order chi connectivity index (χ1) is 15.1. The molecule has 5 unspecified atom stereocenters. The van der Waals surface area contributed by atoms with Gasteiger partial charge in [-0.05, 0) is 63.8 Å². The maximum Gasteiger partial charge on any atom is 0.337 e. The number of methoxy groups -OCH3 is 1. The number of allylic oxidation sites excluding steroid dienone is 4. The molecule has 5 atom stereocenters. The fraction of sp³-hybridized carbons (Fsp3) is 0.542. The Morgan fingerprint density at radius 2 is 1.50 bits per heavy atom. The molecule has 0 aromatic heterocycles. The zero-order valence-corrected chi connectivity index (χ0v) is 19.2. The summed E-state index contributed by atoms with van der Waals surface area (Å²) in [6, 6.07) is 3.33. The number of carbonyl (C=O) groups is 1. The second kappa shape index (κ2) is 11.6. The van der Waals surface area contributed by atoms with Crippen molar-refractivity contribution < 1.29 is 39.4 Å². The molecule has 0 radical (unpaired) electrons. The quantitative estimate of drug-likeness (QED) is 0.348. The van der Waals surface area contributed by atoms with Gasteiger partial charge < -0.3 is 34.6 Å². The van der Waals surface area contributed by atoms with E-state index in [0.717, 1.165) is 11.1 Å². The fourth-order valence-corrected chi connectivity index (χ4v) is 3.35. The van der Waals surface area contributed by atoms with Crippen LogP contribution in [0, 0.1) is 0 Å². The molecule has 1 aromatic rings. The van der Waals surface area contributed by atoms with E-state index in [2.05, 4.69) is 0 Å². The third kappa shape index (κ3) is 6.40. The van der Waals surface area contributed by atoms with Gasteiger partial charge in [-0.15, -0.1) is 0 Å². The summed E-state index contributed by atoms with van der Waals surface area (Å²) in [4.78, 5) is 12.3. The van der Waals surface area contributed by atoms with E-state index in [4.69, 9.17) is 14.2 Å². The first-order valence-corrected chi connectivity index (χ1v) is 10.6. The summed E-state index contributed by atoms with van der Waals surface area (Å²) in [5, 5.41) is 40.1. The first kappa shape index (κ1) is 26.0. The van der Waals surface area contributed by atoms with E-state index in [0.29, 0.717) is 35.3 Å². The molecule has 1 aliphatic rings. The number of hydrogen-bond acceptors (Lipinski definition) is 8. The van der Waals surface area contributed by atoms with Gasteiger partial charge in [-0.2, -0.15) is 0 Å². The van der Waals surface area contributed by atoms with Gasteiger partial charge in [0.15, 0.2) is 0 Å². The van der Waals surface area contributed by atoms with Crippen LogP contribution in [0.1, 0.15) is 49.2 Å². The number of aliphatic hydroxyl groups excluding tert-OH is 4. The number of ether oxygens (including phenoxy) is 3. The van der Waals surface area contributed by atoms with E-state index >= 15 is 0 Å². The third-order valence-corrected chi connectivity index (χ3v) is 5.21. The SMILES string of the molecule is COC(=O)c1cc(CC=C(C)C)c(OC2OC(CO)C(O)C(O)C2O)c(CC=C(C)C)c1. The minimum Gasteiger partial charge on any atom is -0.465 e. The standard InChI is InChI=1S/C24H34O8/c1-13(2)6-8-15-10-17(23(29)30-5)11-16(9-7-14(3)4)22(15)32-24-21(28)20(27)19(26)18(12-25)31-24/h6-7,10-11,18-21,24-28H,8-9,12H2,1-5H3. The molecule has 178 valence electrons. The van der Waals surface area contributed by atoms with E-state index in [-0.39, 0.29) is 0 Å². The van der Waals surface area contributed by atoms with Crippen LogP contribution in [0.25, 0.3) is 0 Å². The smallest absolute Gasteiger partial charge is 0.337 e. The first-order valence-electron chi connectivity index (χ1n) is 10.6. The second-order valence-electron chi connectivity index (χ2n) is 8.40. The largest absolute Gasteiger partial charge is 0.465 e. The molecule has 0 aliphatic carbocycles. The van der Waals surface area contributed by atoms with Crippen LogP contribution in [0.4, 0.5) is 0 Å². The van der Waals surface area contributed by atoms with E-state index < -0.39 is 43.3 Å². The van der Waals surface area contributed by atoms with Gasteiger partial charge in [-0.25, -0.2) is 4.79 Å². The molecule has 1 aromatic carbocycles. The minimum atomic E-state index is -1.55. The molecule has 0 saturated carbocycles. The van der Waals surface area contributed by atoms with E-state index in [1.54, 1.807) is 12.1 Å². The number of rotatable bonds is 8. The zero-order valence-electron chi connectivity index (χ0n) is 19.2. The highest BCUT2D eigenvalue weighted by molar-refractivity contribution is 5.90. The third-order valence-electron chi connectivity index (χ3n) is 5.21. The summed E-state index contributed by atoms with van der Waals surface area (Å²) in [5.41, 5.74) is 3.84. The molecule has 0 spiro atoms. The Bertz CT molecular complexity index is 809. The van der Waals surface area contributed by atoms with E-state index in [1.165, 1.54) is 7.11 Å². The molecular formula is C24H34O8. The van der Waals surface area contributed by atoms with E-state index in [1.807, 2.05) is 39.8 Å². The van der Waals surface area contributed by atoms with Crippen LogP contribution in [-0.2, 0) is 22.3 Å². The van der Waals surface area contributed by atoms with Crippen molar-refractivity contribution >= 4 is 5.97 Å². The topological polar surface area (TPSA) is 126 Å². The Balaban J connectivity index is 2.56. The molecule has 8 heteroatoms. The van der Waals surface area contributed by atoms with Crippen molar-refractivity contribution in [2.24, 2.45) is 0 Å². The summed E-state index contributed by atoms with van der Waals surface area (Å²) in [7, 11) is 1.31. The lowest BCUT2D eigenvalue weighted by Crippen LogP contribution is -2.60. The Hall–Kier alpha value is -2.23. The van der Waals surface area contributed by atoms with Crippen molar-refractivity contribution in [3.63, 3.8) is 0 Å². The van der Waals surface area contributed by atoms with Crippen molar-refractivity contribution in [3.05, 3.63) is 52.1 Å². The van der Waals surface area contributed by atoms with Gasteiger partial charge in [0.1, 0.15) is 30.2 Å². The normalized spacial score (nSPS) is 25.1. The van der Waals surface area contributed by atoms with Gasteiger partial charge >= 0.3 is 5.97 Å². The number of esters is 1. The van der Waals surface area contributed by atoms with Crippen LogP contribution < -0.4 is 4.74 Å². The predicted octanol–water partition coefficient (Wildman–Crippen LogP) is 1.67. The maximum atomic E-state index is 12.3. The van der Waals surface area contributed by atoms with Crippen molar-refractivity contribution in [2.75, 3.05) is 13.7 Å². The van der Waals surface area contributed by atoms with Crippen LogP contribution in [0.2, 0.25) is 0 Å². The van der Waals surface area contributed by atoms with Crippen molar-refractivity contribution in [1.82, 2.24) is 0 Å². The fourth-order valence-electron chi connectivity index (χ4n) is 3.35. The molecule has 0 bridgehead atoms. The summed E-state index contributed by atoms with van der Waals surface area (Å²) in [5.74, 6) is -0.0849. The Kier molecular flexibility index (Phi) is 9.42. The lowest BCUT2D eigenvalue weighted by molar-refractivity contribution is -0.277. The Labute approximate surface area is 188 Å². The number of carbonyl (C=O) groups excluding carboxylic acids is 1. The number of benzene rings is 1. The van der Waals surface area contributed by atoms with Crippen molar-refractivity contribution in [2.45, 2.75) is 71.2 Å². The molecule has 2 rings (SSSR count). The number of hydrogen-bond donors (Lipinski definition) is 4. The lowest BCUT2D eigenvalue weighted by atomic mass is 9.97.